The van der Waals surface area contributed by atoms with E-state index >= 15 is 0 Å². The number of nitrogens with zero attached hydrogens (tertiary/aromatic N) is 2. The lowest BCUT2D eigenvalue weighted by Gasteiger charge is -2.36. The van der Waals surface area contributed by atoms with Gasteiger partial charge in [0, 0.05) is 36.3 Å². The third-order valence-electron chi connectivity index (χ3n) is 4.19. The maximum Gasteiger partial charge on any atom is 0.0423 e. The van der Waals surface area contributed by atoms with Crippen molar-refractivity contribution in [2.75, 3.05) is 45.2 Å². The van der Waals surface area contributed by atoms with Crippen LogP contribution >= 0.6 is 15.9 Å². The lowest BCUT2D eigenvalue weighted by Crippen LogP contribution is -2.37. The standard InChI is InChI=1S/C17H28BrN3/c1-4-19-12-15-5-6-16(18)11-17(15)21-9-7-14(8-10-21)13-20(2)3/h5-6,11,14,19H,4,7-10,12-13H2,1-3H3. The van der Waals surface area contributed by atoms with E-state index in [0.29, 0.717) is 0 Å². The molecule has 0 bridgehead atoms. The Morgan fingerprint density at radius 1 is 1.29 bits per heavy atom. The number of hydrogen-bond donors (Lipinski definition) is 1. The average Bonchev–Trinajstić information content (AvgIpc) is 2.46. The van der Waals surface area contributed by atoms with Crippen molar-refractivity contribution in [1.29, 1.82) is 0 Å². The summed E-state index contributed by atoms with van der Waals surface area (Å²) in [5, 5.41) is 3.45. The molecule has 0 unspecified atom stereocenters. The van der Waals surface area contributed by atoms with E-state index < -0.39 is 0 Å². The fourth-order valence-electron chi connectivity index (χ4n) is 3.11. The summed E-state index contributed by atoms with van der Waals surface area (Å²) >= 11 is 3.62. The van der Waals surface area contributed by atoms with E-state index in [9.17, 15) is 0 Å². The second kappa shape index (κ2) is 8.16. The van der Waals surface area contributed by atoms with Gasteiger partial charge in [0.2, 0.25) is 0 Å². The van der Waals surface area contributed by atoms with Crippen LogP contribution in [0.2, 0.25) is 0 Å². The van der Waals surface area contributed by atoms with Crippen LogP contribution < -0.4 is 10.2 Å². The molecule has 1 heterocycles. The van der Waals surface area contributed by atoms with Crippen LogP contribution in [0.5, 0.6) is 0 Å². The van der Waals surface area contributed by atoms with E-state index in [2.05, 4.69) is 70.3 Å². The van der Waals surface area contributed by atoms with Crippen molar-refractivity contribution in [1.82, 2.24) is 10.2 Å². The van der Waals surface area contributed by atoms with Crippen LogP contribution in [0, 0.1) is 5.92 Å². The third kappa shape index (κ3) is 4.97. The van der Waals surface area contributed by atoms with Crippen LogP contribution in [0.25, 0.3) is 0 Å². The van der Waals surface area contributed by atoms with E-state index in [0.717, 1.165) is 19.0 Å². The van der Waals surface area contributed by atoms with Crippen LogP contribution in [0.4, 0.5) is 5.69 Å². The highest BCUT2D eigenvalue weighted by Gasteiger charge is 2.21. The molecule has 1 aliphatic rings. The van der Waals surface area contributed by atoms with Gasteiger partial charge >= 0.3 is 0 Å². The van der Waals surface area contributed by atoms with Crippen LogP contribution in [0.3, 0.4) is 0 Å². The van der Waals surface area contributed by atoms with E-state index in [1.165, 1.54) is 48.2 Å². The summed E-state index contributed by atoms with van der Waals surface area (Å²) in [5.74, 6) is 0.848. The molecule has 0 aliphatic carbocycles. The largest absolute Gasteiger partial charge is 0.371 e. The van der Waals surface area contributed by atoms with Crippen molar-refractivity contribution in [2.45, 2.75) is 26.3 Å². The van der Waals surface area contributed by atoms with Gasteiger partial charge in [-0.05, 0) is 57.1 Å². The molecule has 4 heteroatoms. The number of halogens is 1. The summed E-state index contributed by atoms with van der Waals surface area (Å²) in [6.07, 6.45) is 2.59. The molecule has 1 saturated heterocycles. The quantitative estimate of drug-likeness (QED) is 0.845. The summed E-state index contributed by atoms with van der Waals surface area (Å²) in [7, 11) is 4.35. The second-order valence-electron chi connectivity index (χ2n) is 6.25. The molecule has 0 aromatic heterocycles. The van der Waals surface area contributed by atoms with Gasteiger partial charge in [-0.3, -0.25) is 0 Å². The minimum absolute atomic E-state index is 0.848. The maximum absolute atomic E-state index is 3.62. The second-order valence-corrected chi connectivity index (χ2v) is 7.16. The Morgan fingerprint density at radius 2 is 2.00 bits per heavy atom. The Balaban J connectivity index is 2.03. The number of benzene rings is 1. The van der Waals surface area contributed by atoms with Crippen LogP contribution in [-0.2, 0) is 6.54 Å². The normalized spacial score (nSPS) is 16.7. The maximum atomic E-state index is 3.62. The SMILES string of the molecule is CCNCc1ccc(Br)cc1N1CCC(CN(C)C)CC1. The fourth-order valence-corrected chi connectivity index (χ4v) is 3.46. The Hall–Kier alpha value is -0.580. The van der Waals surface area contributed by atoms with Crippen molar-refractivity contribution in [3.8, 4) is 0 Å². The van der Waals surface area contributed by atoms with Crippen molar-refractivity contribution in [3.05, 3.63) is 28.2 Å². The summed E-state index contributed by atoms with van der Waals surface area (Å²) in [6.45, 7) is 7.70. The zero-order valence-electron chi connectivity index (χ0n) is 13.5. The molecule has 0 saturated carbocycles. The molecule has 1 fully saturated rings. The van der Waals surface area contributed by atoms with Gasteiger partial charge in [0.25, 0.3) is 0 Å². The lowest BCUT2D eigenvalue weighted by molar-refractivity contribution is 0.285. The third-order valence-corrected chi connectivity index (χ3v) is 4.68. The zero-order valence-corrected chi connectivity index (χ0v) is 15.1. The molecule has 3 nitrogen and oxygen atoms in total. The number of nitrogens with one attached hydrogen (secondary N) is 1. The molecule has 2 rings (SSSR count). The minimum Gasteiger partial charge on any atom is -0.371 e. The molecule has 1 N–H and O–H groups in total. The first kappa shape index (κ1) is 16.8. The van der Waals surface area contributed by atoms with E-state index in [1.807, 2.05) is 0 Å². The first-order valence-corrected chi connectivity index (χ1v) is 8.78. The molecule has 1 aliphatic heterocycles. The van der Waals surface area contributed by atoms with Gasteiger partial charge in [0.05, 0.1) is 0 Å². The highest BCUT2D eigenvalue weighted by atomic mass is 79.9. The predicted octanol–water partition coefficient (Wildman–Crippen LogP) is 3.34. The summed E-state index contributed by atoms with van der Waals surface area (Å²) in [4.78, 5) is 4.87. The van der Waals surface area contributed by atoms with Gasteiger partial charge in [-0.25, -0.2) is 0 Å². The fraction of sp³-hybridized carbons (Fsp3) is 0.647. The lowest BCUT2D eigenvalue weighted by atomic mass is 9.95. The number of rotatable bonds is 6. The van der Waals surface area contributed by atoms with Crippen LogP contribution in [0.1, 0.15) is 25.3 Å². The highest BCUT2D eigenvalue weighted by Crippen LogP contribution is 2.29. The van der Waals surface area contributed by atoms with Crippen LogP contribution in [-0.4, -0.2) is 45.2 Å². The molecular formula is C17H28BrN3. The van der Waals surface area contributed by atoms with Gasteiger partial charge in [0.15, 0.2) is 0 Å². The first-order valence-electron chi connectivity index (χ1n) is 7.99. The van der Waals surface area contributed by atoms with Crippen molar-refractivity contribution < 1.29 is 0 Å². The summed E-state index contributed by atoms with van der Waals surface area (Å²) in [6, 6.07) is 6.67. The summed E-state index contributed by atoms with van der Waals surface area (Å²) < 4.78 is 1.17. The van der Waals surface area contributed by atoms with Gasteiger partial charge in [0.1, 0.15) is 0 Å². The molecule has 0 spiro atoms. The molecule has 0 radical (unpaired) electrons. The average molecular weight is 354 g/mol. The molecule has 118 valence electrons. The zero-order chi connectivity index (χ0) is 15.2. The monoisotopic (exact) mass is 353 g/mol. The Labute approximate surface area is 137 Å². The topological polar surface area (TPSA) is 18.5 Å². The van der Waals surface area contributed by atoms with Gasteiger partial charge < -0.3 is 15.1 Å². The molecule has 1 aromatic rings. The van der Waals surface area contributed by atoms with Crippen LogP contribution in [0.15, 0.2) is 22.7 Å². The Kier molecular flexibility index (Phi) is 6.52. The molecule has 1 aromatic carbocycles. The van der Waals surface area contributed by atoms with Crippen molar-refractivity contribution in [2.24, 2.45) is 5.92 Å². The molecule has 21 heavy (non-hydrogen) atoms. The predicted molar refractivity (Wildman–Crippen MR) is 95.0 cm³/mol. The molecule has 0 amide bonds. The minimum atomic E-state index is 0.848. The molecule has 0 atom stereocenters. The van der Waals surface area contributed by atoms with Gasteiger partial charge in [-0.2, -0.15) is 0 Å². The van der Waals surface area contributed by atoms with E-state index in [-0.39, 0.29) is 0 Å². The van der Waals surface area contributed by atoms with E-state index in [4.69, 9.17) is 0 Å². The Morgan fingerprint density at radius 3 is 2.62 bits per heavy atom. The van der Waals surface area contributed by atoms with Gasteiger partial charge in [-0.1, -0.05) is 28.9 Å². The number of hydrogen-bond acceptors (Lipinski definition) is 3. The van der Waals surface area contributed by atoms with Gasteiger partial charge in [-0.15, -0.1) is 0 Å². The van der Waals surface area contributed by atoms with Crippen molar-refractivity contribution in [3.63, 3.8) is 0 Å². The van der Waals surface area contributed by atoms with E-state index in [1.54, 1.807) is 0 Å². The van der Waals surface area contributed by atoms with Crippen molar-refractivity contribution >= 4 is 21.6 Å². The highest BCUT2D eigenvalue weighted by molar-refractivity contribution is 9.10. The first-order chi connectivity index (χ1) is 10.1. The molecular weight excluding hydrogens is 326 g/mol. The number of piperidine rings is 1. The number of anilines is 1. The summed E-state index contributed by atoms with van der Waals surface area (Å²) in [5.41, 5.74) is 2.81. The Bertz CT molecular complexity index is 440. The smallest absolute Gasteiger partial charge is 0.0423 e.